The maximum absolute atomic E-state index is 11.2. The number of fused-ring (bicyclic) bond motifs is 1. The molecule has 0 aliphatic heterocycles. The molecule has 6 heteroatoms. The van der Waals surface area contributed by atoms with Gasteiger partial charge in [0.05, 0.1) is 0 Å². The van der Waals surface area contributed by atoms with Gasteiger partial charge in [0.1, 0.15) is 11.1 Å². The smallest absolute Gasteiger partial charge is 0.339 e. The number of anilines is 1. The molecule has 0 fully saturated rings. The summed E-state index contributed by atoms with van der Waals surface area (Å²) in [5, 5.41) is 9.71. The number of nitrogens with zero attached hydrogens (tertiary/aromatic N) is 1. The molecular weight excluding hydrogens is 280 g/mol. The van der Waals surface area contributed by atoms with Crippen LogP contribution in [0.4, 0.5) is 5.69 Å². The van der Waals surface area contributed by atoms with Crippen molar-refractivity contribution in [3.63, 3.8) is 0 Å². The average Bonchev–Trinajstić information content (AvgIpc) is 2.81. The molecule has 5 nitrogen and oxygen atoms in total. The number of halogens is 1. The third-order valence-electron chi connectivity index (χ3n) is 2.81. The molecule has 3 aromatic rings. The lowest BCUT2D eigenvalue weighted by molar-refractivity contribution is 0.0698. The number of rotatable bonds is 2. The monoisotopic (exact) mass is 288 g/mol. The molecule has 0 saturated carbocycles. The Balaban J connectivity index is 2.25. The number of carboxylic acid groups (broad SMARTS) is 1. The van der Waals surface area contributed by atoms with Gasteiger partial charge in [-0.3, -0.25) is 0 Å². The normalized spacial score (nSPS) is 10.8. The fourth-order valence-electron chi connectivity index (χ4n) is 1.96. The number of hydrogen-bond donors (Lipinski definition) is 2. The maximum Gasteiger partial charge on any atom is 0.339 e. The molecule has 0 radical (unpaired) electrons. The number of hydrogen-bond acceptors (Lipinski definition) is 4. The lowest BCUT2D eigenvalue weighted by atomic mass is 10.2. The molecule has 0 saturated heterocycles. The highest BCUT2D eigenvalue weighted by molar-refractivity contribution is 6.30. The second-order valence-corrected chi connectivity index (χ2v) is 4.69. The predicted molar refractivity (Wildman–Crippen MR) is 75.8 cm³/mol. The van der Waals surface area contributed by atoms with Crippen molar-refractivity contribution in [1.29, 1.82) is 0 Å². The third kappa shape index (κ3) is 2.08. The fourth-order valence-corrected chi connectivity index (χ4v) is 2.15. The largest absolute Gasteiger partial charge is 0.478 e. The van der Waals surface area contributed by atoms with E-state index in [1.807, 2.05) is 0 Å². The fraction of sp³-hybridized carbons (Fsp3) is 0. The van der Waals surface area contributed by atoms with E-state index in [1.165, 1.54) is 6.07 Å². The van der Waals surface area contributed by atoms with Crippen molar-refractivity contribution in [2.75, 3.05) is 5.73 Å². The molecule has 0 spiro atoms. The zero-order valence-corrected chi connectivity index (χ0v) is 10.9. The molecule has 3 rings (SSSR count). The summed E-state index contributed by atoms with van der Waals surface area (Å²) in [7, 11) is 0. The van der Waals surface area contributed by atoms with Gasteiger partial charge in [-0.15, -0.1) is 0 Å². The van der Waals surface area contributed by atoms with E-state index in [2.05, 4.69) is 4.98 Å². The molecule has 0 bridgehead atoms. The van der Waals surface area contributed by atoms with Crippen molar-refractivity contribution >= 4 is 34.4 Å². The van der Waals surface area contributed by atoms with Gasteiger partial charge in [-0.25, -0.2) is 9.78 Å². The second kappa shape index (κ2) is 4.54. The van der Waals surface area contributed by atoms with Gasteiger partial charge in [-0.05, 0) is 30.3 Å². The predicted octanol–water partition coefficient (Wildman–Crippen LogP) is 3.43. The molecule has 0 unspecified atom stereocenters. The van der Waals surface area contributed by atoms with Crippen molar-refractivity contribution in [3.05, 3.63) is 47.0 Å². The third-order valence-corrected chi connectivity index (χ3v) is 3.05. The molecule has 0 aliphatic rings. The van der Waals surface area contributed by atoms with Gasteiger partial charge in [-0.2, -0.15) is 0 Å². The van der Waals surface area contributed by atoms with Crippen molar-refractivity contribution in [2.24, 2.45) is 0 Å². The zero-order valence-electron chi connectivity index (χ0n) is 10.1. The summed E-state index contributed by atoms with van der Waals surface area (Å²) >= 11 is 5.92. The van der Waals surface area contributed by atoms with Crippen LogP contribution in [0.15, 0.2) is 40.8 Å². The number of nitrogen functional groups attached to an aromatic ring is 1. The van der Waals surface area contributed by atoms with Gasteiger partial charge in [-0.1, -0.05) is 17.7 Å². The van der Waals surface area contributed by atoms with E-state index >= 15 is 0 Å². The van der Waals surface area contributed by atoms with E-state index in [0.717, 1.165) is 0 Å². The Kier molecular flexibility index (Phi) is 2.84. The summed E-state index contributed by atoms with van der Waals surface area (Å²) in [6, 6.07) is 9.88. The van der Waals surface area contributed by atoms with E-state index in [1.54, 1.807) is 30.3 Å². The number of nitrogens with two attached hydrogens (primary N) is 1. The second-order valence-electron chi connectivity index (χ2n) is 4.25. The molecule has 100 valence electrons. The summed E-state index contributed by atoms with van der Waals surface area (Å²) in [5.74, 6) is -0.813. The van der Waals surface area contributed by atoms with Crippen LogP contribution >= 0.6 is 11.6 Å². The molecule has 1 heterocycles. The molecule has 0 atom stereocenters. The van der Waals surface area contributed by atoms with Gasteiger partial charge in [0.2, 0.25) is 5.89 Å². The van der Waals surface area contributed by atoms with Crippen LogP contribution in [0.3, 0.4) is 0 Å². The van der Waals surface area contributed by atoms with Crippen molar-refractivity contribution in [1.82, 2.24) is 4.98 Å². The van der Waals surface area contributed by atoms with Crippen LogP contribution in [0.2, 0.25) is 5.02 Å². The first-order valence-electron chi connectivity index (χ1n) is 5.74. The first kappa shape index (κ1) is 12.5. The van der Waals surface area contributed by atoms with Gasteiger partial charge in [0.25, 0.3) is 0 Å². The van der Waals surface area contributed by atoms with Crippen LogP contribution in [0, 0.1) is 0 Å². The minimum atomic E-state index is -1.11. The number of benzene rings is 2. The Morgan fingerprint density at radius 2 is 2.10 bits per heavy atom. The van der Waals surface area contributed by atoms with Crippen molar-refractivity contribution in [2.45, 2.75) is 0 Å². The van der Waals surface area contributed by atoms with Crippen molar-refractivity contribution in [3.8, 4) is 11.5 Å². The molecule has 1 aromatic heterocycles. The summed E-state index contributed by atoms with van der Waals surface area (Å²) in [4.78, 5) is 15.5. The molecule has 2 aromatic carbocycles. The molecule has 20 heavy (non-hydrogen) atoms. The van der Waals surface area contributed by atoms with Crippen LogP contribution in [0.25, 0.3) is 22.6 Å². The minimum Gasteiger partial charge on any atom is -0.478 e. The number of oxazole rings is 1. The topological polar surface area (TPSA) is 89.4 Å². The molecule has 0 amide bonds. The first-order chi connectivity index (χ1) is 9.54. The van der Waals surface area contributed by atoms with Crippen LogP contribution < -0.4 is 5.73 Å². The van der Waals surface area contributed by atoms with E-state index in [0.29, 0.717) is 27.7 Å². The van der Waals surface area contributed by atoms with Crippen LogP contribution in [-0.4, -0.2) is 16.1 Å². The highest BCUT2D eigenvalue weighted by Gasteiger charge is 2.17. The standard InChI is InChI=1S/C14H9ClN2O3/c15-8-3-1-2-7(4-8)13-17-11-6-9(16)5-10(14(18)19)12(11)20-13/h1-6H,16H2,(H,18,19). The Bertz CT molecular complexity index is 826. The van der Waals surface area contributed by atoms with E-state index in [4.69, 9.17) is 26.9 Å². The zero-order chi connectivity index (χ0) is 14.3. The van der Waals surface area contributed by atoms with Crippen LogP contribution in [-0.2, 0) is 0 Å². The maximum atomic E-state index is 11.2. The summed E-state index contributed by atoms with van der Waals surface area (Å²) in [6.07, 6.45) is 0. The quantitative estimate of drug-likeness (QED) is 0.705. The lowest BCUT2D eigenvalue weighted by Crippen LogP contribution is -1.98. The van der Waals surface area contributed by atoms with E-state index in [9.17, 15) is 4.79 Å². The first-order valence-corrected chi connectivity index (χ1v) is 6.11. The number of carbonyl (C=O) groups is 1. The van der Waals surface area contributed by atoms with Gasteiger partial charge >= 0.3 is 5.97 Å². The highest BCUT2D eigenvalue weighted by atomic mass is 35.5. The molecular formula is C14H9ClN2O3. The van der Waals surface area contributed by atoms with Crippen LogP contribution in [0.1, 0.15) is 10.4 Å². The van der Waals surface area contributed by atoms with Crippen molar-refractivity contribution < 1.29 is 14.3 Å². The SMILES string of the molecule is Nc1cc(C(=O)O)c2oc(-c3cccc(Cl)c3)nc2c1. The van der Waals surface area contributed by atoms with E-state index in [-0.39, 0.29) is 11.1 Å². The van der Waals surface area contributed by atoms with Gasteiger partial charge in [0, 0.05) is 16.3 Å². The lowest BCUT2D eigenvalue weighted by Gasteiger charge is -1.97. The Morgan fingerprint density at radius 3 is 2.80 bits per heavy atom. The Labute approximate surface area is 118 Å². The number of aromatic nitrogens is 1. The minimum absolute atomic E-state index is 0.0132. The van der Waals surface area contributed by atoms with Gasteiger partial charge < -0.3 is 15.3 Å². The Morgan fingerprint density at radius 1 is 1.30 bits per heavy atom. The average molecular weight is 289 g/mol. The van der Waals surface area contributed by atoms with Gasteiger partial charge in [0.15, 0.2) is 5.58 Å². The van der Waals surface area contributed by atoms with E-state index < -0.39 is 5.97 Å². The molecule has 3 N–H and O–H groups in total. The summed E-state index contributed by atoms with van der Waals surface area (Å²) < 4.78 is 5.55. The number of carboxylic acids is 1. The van der Waals surface area contributed by atoms with Crippen LogP contribution in [0.5, 0.6) is 0 Å². The summed E-state index contributed by atoms with van der Waals surface area (Å²) in [6.45, 7) is 0. The summed E-state index contributed by atoms with van der Waals surface area (Å²) in [5.41, 5.74) is 7.24. The molecule has 0 aliphatic carbocycles. The Hall–Kier alpha value is -2.53. The highest BCUT2D eigenvalue weighted by Crippen LogP contribution is 2.29. The number of aromatic carboxylic acids is 1.